The Kier molecular flexibility index (Phi) is 10.2. The molecular weight excluding hydrogens is 258 g/mol. The van der Waals surface area contributed by atoms with Gasteiger partial charge in [0.2, 0.25) is 0 Å². The first-order chi connectivity index (χ1) is 10.3. The molecule has 122 valence electrons. The van der Waals surface area contributed by atoms with Crippen molar-refractivity contribution in [1.29, 1.82) is 0 Å². The van der Waals surface area contributed by atoms with Crippen LogP contribution in [0.15, 0.2) is 12.5 Å². The van der Waals surface area contributed by atoms with Crippen molar-refractivity contribution in [3.8, 4) is 0 Å². The fourth-order valence-corrected chi connectivity index (χ4v) is 2.77. The van der Waals surface area contributed by atoms with Crippen LogP contribution in [0.5, 0.6) is 0 Å². The highest BCUT2D eigenvalue weighted by molar-refractivity contribution is 5.03. The molecule has 3 heteroatoms. The van der Waals surface area contributed by atoms with Crippen molar-refractivity contribution in [2.75, 3.05) is 6.54 Å². The molecular formula is C18H35N3. The third kappa shape index (κ3) is 8.25. The minimum atomic E-state index is 0.436. The van der Waals surface area contributed by atoms with Gasteiger partial charge in [-0.2, -0.15) is 0 Å². The van der Waals surface area contributed by atoms with Gasteiger partial charge in [-0.15, -0.1) is 0 Å². The molecule has 0 aliphatic rings. The molecule has 0 radical (unpaired) electrons. The summed E-state index contributed by atoms with van der Waals surface area (Å²) in [5, 5.41) is 3.64. The predicted molar refractivity (Wildman–Crippen MR) is 91.5 cm³/mol. The Bertz CT molecular complexity index is 346. The number of rotatable bonds is 13. The zero-order chi connectivity index (χ0) is 15.3. The van der Waals surface area contributed by atoms with E-state index in [2.05, 4.69) is 30.3 Å². The maximum Gasteiger partial charge on any atom is 0.0947 e. The van der Waals surface area contributed by atoms with Crippen LogP contribution in [-0.2, 0) is 7.05 Å². The molecule has 1 N–H and O–H groups in total. The predicted octanol–water partition coefficient (Wildman–Crippen LogP) is 4.99. The summed E-state index contributed by atoms with van der Waals surface area (Å²) >= 11 is 0. The maximum atomic E-state index is 4.52. The lowest BCUT2D eigenvalue weighted by Crippen LogP contribution is -2.22. The van der Waals surface area contributed by atoms with Crippen LogP contribution in [0.25, 0.3) is 0 Å². The fourth-order valence-electron chi connectivity index (χ4n) is 2.77. The van der Waals surface area contributed by atoms with Crippen molar-refractivity contribution in [1.82, 2.24) is 14.9 Å². The van der Waals surface area contributed by atoms with E-state index in [0.29, 0.717) is 6.04 Å². The number of unbranched alkanes of at least 4 members (excludes halogenated alkanes) is 7. The molecule has 1 unspecified atom stereocenters. The Hall–Kier alpha value is -0.830. The summed E-state index contributed by atoms with van der Waals surface area (Å²) in [5.41, 5.74) is 1.20. The first-order valence-corrected chi connectivity index (χ1v) is 8.99. The van der Waals surface area contributed by atoms with Gasteiger partial charge in [-0.1, -0.05) is 65.2 Å². The van der Waals surface area contributed by atoms with E-state index >= 15 is 0 Å². The zero-order valence-corrected chi connectivity index (χ0v) is 14.4. The Morgan fingerprint density at radius 2 is 1.67 bits per heavy atom. The van der Waals surface area contributed by atoms with Gasteiger partial charge in [0, 0.05) is 13.2 Å². The van der Waals surface area contributed by atoms with E-state index in [1.165, 1.54) is 69.9 Å². The molecule has 0 spiro atoms. The molecule has 0 bridgehead atoms. The van der Waals surface area contributed by atoms with Crippen LogP contribution < -0.4 is 5.32 Å². The molecule has 21 heavy (non-hydrogen) atoms. The minimum Gasteiger partial charge on any atom is -0.340 e. The Morgan fingerprint density at radius 1 is 1.00 bits per heavy atom. The van der Waals surface area contributed by atoms with Gasteiger partial charge in [-0.25, -0.2) is 4.98 Å². The van der Waals surface area contributed by atoms with E-state index in [9.17, 15) is 0 Å². The first kappa shape index (κ1) is 18.2. The highest BCUT2D eigenvalue weighted by Gasteiger charge is 2.12. The minimum absolute atomic E-state index is 0.436. The summed E-state index contributed by atoms with van der Waals surface area (Å²) in [6.45, 7) is 5.58. The van der Waals surface area contributed by atoms with E-state index in [1.54, 1.807) is 0 Å². The molecule has 1 aromatic heterocycles. The number of imidazole rings is 1. The summed E-state index contributed by atoms with van der Waals surface area (Å²) in [6, 6.07) is 0.436. The number of hydrogen-bond acceptors (Lipinski definition) is 2. The summed E-state index contributed by atoms with van der Waals surface area (Å²) in [5.74, 6) is 0. The van der Waals surface area contributed by atoms with Crippen LogP contribution in [0, 0.1) is 0 Å². The second-order valence-electron chi connectivity index (χ2n) is 6.23. The van der Waals surface area contributed by atoms with Gasteiger partial charge in [0.05, 0.1) is 18.1 Å². The first-order valence-electron chi connectivity index (χ1n) is 8.99. The lowest BCUT2D eigenvalue weighted by Gasteiger charge is -2.16. The SMILES string of the molecule is CCCCCCCCCCC(NCCC)c1cn(C)cn1. The largest absolute Gasteiger partial charge is 0.340 e. The van der Waals surface area contributed by atoms with E-state index in [0.717, 1.165) is 6.54 Å². The van der Waals surface area contributed by atoms with Gasteiger partial charge in [0.15, 0.2) is 0 Å². The van der Waals surface area contributed by atoms with Crippen LogP contribution in [-0.4, -0.2) is 16.1 Å². The zero-order valence-electron chi connectivity index (χ0n) is 14.4. The maximum absolute atomic E-state index is 4.52. The van der Waals surface area contributed by atoms with E-state index in [-0.39, 0.29) is 0 Å². The van der Waals surface area contributed by atoms with Crippen molar-refractivity contribution in [3.05, 3.63) is 18.2 Å². The molecule has 0 aromatic carbocycles. The highest BCUT2D eigenvalue weighted by Crippen LogP contribution is 2.19. The van der Waals surface area contributed by atoms with Crippen molar-refractivity contribution >= 4 is 0 Å². The van der Waals surface area contributed by atoms with Gasteiger partial charge in [0.1, 0.15) is 0 Å². The van der Waals surface area contributed by atoms with E-state index in [1.807, 2.05) is 17.9 Å². The topological polar surface area (TPSA) is 29.9 Å². The number of aromatic nitrogens is 2. The van der Waals surface area contributed by atoms with E-state index < -0.39 is 0 Å². The molecule has 0 fully saturated rings. The van der Waals surface area contributed by atoms with E-state index in [4.69, 9.17) is 0 Å². The summed E-state index contributed by atoms with van der Waals surface area (Å²) in [6.07, 6.45) is 17.5. The molecule has 1 atom stereocenters. The molecule has 0 amide bonds. The molecule has 0 saturated heterocycles. The molecule has 0 aliphatic carbocycles. The van der Waals surface area contributed by atoms with Gasteiger partial charge in [-0.3, -0.25) is 0 Å². The second kappa shape index (κ2) is 11.8. The van der Waals surface area contributed by atoms with Gasteiger partial charge >= 0.3 is 0 Å². The average molecular weight is 293 g/mol. The number of aryl methyl sites for hydroxylation is 1. The van der Waals surface area contributed by atoms with Crippen LogP contribution in [0.3, 0.4) is 0 Å². The second-order valence-corrected chi connectivity index (χ2v) is 6.23. The number of nitrogens with zero attached hydrogens (tertiary/aromatic N) is 2. The number of nitrogens with one attached hydrogen (secondary N) is 1. The highest BCUT2D eigenvalue weighted by atomic mass is 15.0. The molecule has 0 saturated carbocycles. The van der Waals surface area contributed by atoms with Gasteiger partial charge < -0.3 is 9.88 Å². The fraction of sp³-hybridized carbons (Fsp3) is 0.833. The Balaban J connectivity index is 2.18. The summed E-state index contributed by atoms with van der Waals surface area (Å²) < 4.78 is 2.05. The Labute approximate surface area is 131 Å². The quantitative estimate of drug-likeness (QED) is 0.519. The summed E-state index contributed by atoms with van der Waals surface area (Å²) in [4.78, 5) is 4.52. The third-order valence-electron chi connectivity index (χ3n) is 4.07. The van der Waals surface area contributed by atoms with Crippen molar-refractivity contribution in [2.45, 2.75) is 84.1 Å². The van der Waals surface area contributed by atoms with Crippen LogP contribution in [0.1, 0.15) is 89.8 Å². The smallest absolute Gasteiger partial charge is 0.0947 e. The van der Waals surface area contributed by atoms with Crippen molar-refractivity contribution < 1.29 is 0 Å². The van der Waals surface area contributed by atoms with Crippen LogP contribution in [0.2, 0.25) is 0 Å². The molecule has 0 aliphatic heterocycles. The van der Waals surface area contributed by atoms with Gasteiger partial charge in [-0.05, 0) is 19.4 Å². The van der Waals surface area contributed by atoms with Crippen molar-refractivity contribution in [3.63, 3.8) is 0 Å². The summed E-state index contributed by atoms with van der Waals surface area (Å²) in [7, 11) is 2.05. The van der Waals surface area contributed by atoms with Crippen LogP contribution in [0.4, 0.5) is 0 Å². The molecule has 1 rings (SSSR count). The molecule has 1 heterocycles. The van der Waals surface area contributed by atoms with Crippen LogP contribution >= 0.6 is 0 Å². The lowest BCUT2D eigenvalue weighted by molar-refractivity contribution is 0.458. The number of hydrogen-bond donors (Lipinski definition) is 1. The normalized spacial score (nSPS) is 12.7. The van der Waals surface area contributed by atoms with Gasteiger partial charge in [0.25, 0.3) is 0 Å². The average Bonchev–Trinajstić information content (AvgIpc) is 2.91. The Morgan fingerprint density at radius 3 is 2.24 bits per heavy atom. The molecule has 3 nitrogen and oxygen atoms in total. The lowest BCUT2D eigenvalue weighted by atomic mass is 10.0. The van der Waals surface area contributed by atoms with Crippen molar-refractivity contribution in [2.24, 2.45) is 7.05 Å². The molecule has 1 aromatic rings. The standard InChI is InChI=1S/C18H35N3/c1-4-6-7-8-9-10-11-12-13-17(19-14-5-2)18-15-21(3)16-20-18/h15-17,19H,4-14H2,1-3H3. The third-order valence-corrected chi connectivity index (χ3v) is 4.07. The monoisotopic (exact) mass is 293 g/mol.